The van der Waals surface area contributed by atoms with Crippen molar-refractivity contribution in [3.8, 4) is 11.6 Å². The molecule has 7 heteroatoms. The predicted molar refractivity (Wildman–Crippen MR) is 76.6 cm³/mol. The second-order valence-corrected chi connectivity index (χ2v) is 4.89. The molecule has 2 aromatic rings. The van der Waals surface area contributed by atoms with Crippen molar-refractivity contribution in [3.63, 3.8) is 0 Å². The molecule has 0 aromatic carbocycles. The highest BCUT2D eigenvalue weighted by molar-refractivity contribution is 5.85. The maximum absolute atomic E-state index is 5.27. The van der Waals surface area contributed by atoms with E-state index in [4.69, 9.17) is 8.94 Å². The van der Waals surface area contributed by atoms with Gasteiger partial charge in [-0.25, -0.2) is 0 Å². The molecule has 1 fully saturated rings. The van der Waals surface area contributed by atoms with Crippen LogP contribution in [0.5, 0.6) is 0 Å². The van der Waals surface area contributed by atoms with Gasteiger partial charge in [-0.1, -0.05) is 5.16 Å². The van der Waals surface area contributed by atoms with Crippen molar-refractivity contribution in [1.82, 2.24) is 20.4 Å². The summed E-state index contributed by atoms with van der Waals surface area (Å²) in [4.78, 5) is 6.64. The number of piperidine rings is 1. The molecule has 20 heavy (non-hydrogen) atoms. The molecule has 0 radical (unpaired) electrons. The van der Waals surface area contributed by atoms with Crippen LogP contribution < -0.4 is 5.32 Å². The highest BCUT2D eigenvalue weighted by Crippen LogP contribution is 2.17. The molecule has 0 bridgehead atoms. The van der Waals surface area contributed by atoms with Crippen LogP contribution in [0.3, 0.4) is 0 Å². The Hall–Kier alpha value is -1.37. The predicted octanol–water partition coefficient (Wildman–Crippen LogP) is 1.94. The first-order valence-corrected chi connectivity index (χ1v) is 6.60. The monoisotopic (exact) mass is 298 g/mol. The summed E-state index contributed by atoms with van der Waals surface area (Å²) >= 11 is 0. The molecule has 0 spiro atoms. The smallest absolute Gasteiger partial charge is 0.241 e. The van der Waals surface area contributed by atoms with Crippen molar-refractivity contribution in [2.45, 2.75) is 25.4 Å². The molecule has 1 aliphatic rings. The molecule has 2 aromatic heterocycles. The van der Waals surface area contributed by atoms with Crippen LogP contribution in [0.1, 0.15) is 18.7 Å². The summed E-state index contributed by atoms with van der Waals surface area (Å²) in [6.07, 6.45) is 3.93. The zero-order chi connectivity index (χ0) is 13.1. The topological polar surface area (TPSA) is 67.3 Å². The number of aromatic nitrogens is 2. The van der Waals surface area contributed by atoms with Gasteiger partial charge in [0.25, 0.3) is 0 Å². The van der Waals surface area contributed by atoms with E-state index in [9.17, 15) is 0 Å². The van der Waals surface area contributed by atoms with E-state index in [0.717, 1.165) is 25.9 Å². The number of furan rings is 1. The first-order chi connectivity index (χ1) is 9.33. The molecule has 0 saturated carbocycles. The molecule has 1 saturated heterocycles. The minimum absolute atomic E-state index is 0. The lowest BCUT2D eigenvalue weighted by molar-refractivity contribution is 0.171. The summed E-state index contributed by atoms with van der Waals surface area (Å²) < 4.78 is 10.5. The van der Waals surface area contributed by atoms with E-state index < -0.39 is 0 Å². The summed E-state index contributed by atoms with van der Waals surface area (Å²) in [5.74, 6) is 1.78. The number of nitrogens with one attached hydrogen (secondary N) is 1. The molecular formula is C13H19ClN4O2. The van der Waals surface area contributed by atoms with Gasteiger partial charge in [0.2, 0.25) is 11.7 Å². The van der Waals surface area contributed by atoms with Gasteiger partial charge in [-0.3, -0.25) is 4.90 Å². The third kappa shape index (κ3) is 3.39. The summed E-state index contributed by atoms with van der Waals surface area (Å²) in [6.45, 7) is 2.84. The molecular weight excluding hydrogens is 280 g/mol. The average molecular weight is 299 g/mol. The van der Waals surface area contributed by atoms with Crippen LogP contribution in [-0.4, -0.2) is 41.2 Å². The van der Waals surface area contributed by atoms with Crippen molar-refractivity contribution < 1.29 is 8.94 Å². The van der Waals surface area contributed by atoms with Crippen LogP contribution in [0.25, 0.3) is 11.6 Å². The van der Waals surface area contributed by atoms with E-state index in [1.165, 1.54) is 0 Å². The Morgan fingerprint density at radius 1 is 1.40 bits per heavy atom. The Balaban J connectivity index is 0.00000147. The van der Waals surface area contributed by atoms with Gasteiger partial charge in [0.1, 0.15) is 0 Å². The summed E-state index contributed by atoms with van der Waals surface area (Å²) in [6, 6.07) is 4.22. The summed E-state index contributed by atoms with van der Waals surface area (Å²) in [5, 5.41) is 7.30. The Kier molecular flexibility index (Phi) is 5.17. The fourth-order valence-corrected chi connectivity index (χ4v) is 2.41. The standard InChI is InChI=1S/C13H18N4O2.ClH/c1-17(10-4-6-14-7-5-10)9-12-15-13(16-19-12)11-3-2-8-18-11;/h2-3,8,10,14H,4-7,9H2,1H3;1H. The number of nitrogens with zero attached hydrogens (tertiary/aromatic N) is 3. The molecule has 0 amide bonds. The van der Waals surface area contributed by atoms with Crippen LogP contribution in [0.4, 0.5) is 0 Å². The fraction of sp³-hybridized carbons (Fsp3) is 0.538. The number of halogens is 1. The summed E-state index contributed by atoms with van der Waals surface area (Å²) in [5.41, 5.74) is 0. The highest BCUT2D eigenvalue weighted by Gasteiger charge is 2.20. The Morgan fingerprint density at radius 2 is 2.20 bits per heavy atom. The van der Waals surface area contributed by atoms with Crippen molar-refractivity contribution in [1.29, 1.82) is 0 Å². The quantitative estimate of drug-likeness (QED) is 0.930. The minimum Gasteiger partial charge on any atom is -0.461 e. The number of rotatable bonds is 4. The van der Waals surface area contributed by atoms with E-state index in [0.29, 0.717) is 30.1 Å². The third-order valence-electron chi connectivity index (χ3n) is 3.53. The van der Waals surface area contributed by atoms with E-state index in [1.807, 2.05) is 12.1 Å². The number of hydrogen-bond acceptors (Lipinski definition) is 6. The third-order valence-corrected chi connectivity index (χ3v) is 3.53. The van der Waals surface area contributed by atoms with Gasteiger partial charge in [0.15, 0.2) is 5.76 Å². The van der Waals surface area contributed by atoms with E-state index in [1.54, 1.807) is 6.26 Å². The largest absolute Gasteiger partial charge is 0.461 e. The molecule has 0 atom stereocenters. The lowest BCUT2D eigenvalue weighted by Crippen LogP contribution is -2.40. The second kappa shape index (κ2) is 6.88. The molecule has 1 aliphatic heterocycles. The Bertz CT molecular complexity index is 508. The van der Waals surface area contributed by atoms with Crippen LogP contribution in [0.2, 0.25) is 0 Å². The van der Waals surface area contributed by atoms with Crippen LogP contribution in [-0.2, 0) is 6.54 Å². The van der Waals surface area contributed by atoms with Crippen molar-refractivity contribution >= 4 is 12.4 Å². The van der Waals surface area contributed by atoms with Gasteiger partial charge in [0.05, 0.1) is 12.8 Å². The van der Waals surface area contributed by atoms with Gasteiger partial charge in [-0.05, 0) is 45.1 Å². The van der Waals surface area contributed by atoms with E-state index in [-0.39, 0.29) is 12.4 Å². The maximum Gasteiger partial charge on any atom is 0.241 e. The molecule has 3 rings (SSSR count). The van der Waals surface area contributed by atoms with Crippen LogP contribution >= 0.6 is 12.4 Å². The first-order valence-electron chi connectivity index (χ1n) is 6.60. The molecule has 6 nitrogen and oxygen atoms in total. The van der Waals surface area contributed by atoms with Gasteiger partial charge >= 0.3 is 0 Å². The lowest BCUT2D eigenvalue weighted by atomic mass is 10.1. The maximum atomic E-state index is 5.27. The van der Waals surface area contributed by atoms with Crippen molar-refractivity contribution in [2.24, 2.45) is 0 Å². The lowest BCUT2D eigenvalue weighted by Gasteiger charge is -2.30. The van der Waals surface area contributed by atoms with Gasteiger partial charge in [-0.15, -0.1) is 12.4 Å². The van der Waals surface area contributed by atoms with E-state index in [2.05, 4.69) is 27.4 Å². The summed E-state index contributed by atoms with van der Waals surface area (Å²) in [7, 11) is 2.10. The van der Waals surface area contributed by atoms with Crippen LogP contribution in [0.15, 0.2) is 27.3 Å². The van der Waals surface area contributed by atoms with Crippen molar-refractivity contribution in [2.75, 3.05) is 20.1 Å². The SMILES string of the molecule is CN(Cc1nc(-c2ccco2)no1)C1CCNCC1.Cl. The first kappa shape index (κ1) is 15.0. The molecule has 0 aliphatic carbocycles. The van der Waals surface area contributed by atoms with Crippen molar-refractivity contribution in [3.05, 3.63) is 24.3 Å². The van der Waals surface area contributed by atoms with Crippen LogP contribution in [0, 0.1) is 0 Å². The normalized spacial score (nSPS) is 16.3. The number of hydrogen-bond donors (Lipinski definition) is 1. The molecule has 0 unspecified atom stereocenters. The highest BCUT2D eigenvalue weighted by atomic mass is 35.5. The Morgan fingerprint density at radius 3 is 2.90 bits per heavy atom. The molecule has 3 heterocycles. The average Bonchev–Trinajstić information content (AvgIpc) is 3.10. The second-order valence-electron chi connectivity index (χ2n) is 4.89. The fourth-order valence-electron chi connectivity index (χ4n) is 2.41. The minimum atomic E-state index is 0. The van der Waals surface area contributed by atoms with Gasteiger partial charge < -0.3 is 14.3 Å². The zero-order valence-corrected chi connectivity index (χ0v) is 12.2. The zero-order valence-electron chi connectivity index (χ0n) is 11.4. The molecule has 110 valence electrons. The van der Waals surface area contributed by atoms with E-state index >= 15 is 0 Å². The van der Waals surface area contributed by atoms with Gasteiger partial charge in [0, 0.05) is 6.04 Å². The van der Waals surface area contributed by atoms with Gasteiger partial charge in [-0.2, -0.15) is 4.98 Å². The Labute approximate surface area is 123 Å². The molecule has 1 N–H and O–H groups in total.